The van der Waals surface area contributed by atoms with Gasteiger partial charge in [-0.3, -0.25) is 0 Å². The molecule has 0 aliphatic heterocycles. The smallest absolute Gasteiger partial charge is 0.338 e. The molecule has 0 atom stereocenters. The number of hydrogen-bond acceptors (Lipinski definition) is 3. The monoisotopic (exact) mass is 193 g/mol. The fourth-order valence-corrected chi connectivity index (χ4v) is 1.31. The fraction of sp³-hybridized carbons (Fsp3) is 0.364. The molecular formula is C11H15NO2. The van der Waals surface area contributed by atoms with E-state index in [0.717, 1.165) is 12.1 Å². The van der Waals surface area contributed by atoms with Crippen molar-refractivity contribution < 1.29 is 9.53 Å². The van der Waals surface area contributed by atoms with Crippen LogP contribution in [0.15, 0.2) is 24.3 Å². The molecule has 0 amide bonds. The van der Waals surface area contributed by atoms with Gasteiger partial charge >= 0.3 is 5.97 Å². The largest absolute Gasteiger partial charge is 0.465 e. The third-order valence-electron chi connectivity index (χ3n) is 1.91. The SMILES string of the molecule is COC(=O)c1ccccc1CN(C)C. The van der Waals surface area contributed by atoms with Crippen LogP contribution in [0.4, 0.5) is 0 Å². The fourth-order valence-electron chi connectivity index (χ4n) is 1.31. The van der Waals surface area contributed by atoms with E-state index in [9.17, 15) is 4.79 Å². The van der Waals surface area contributed by atoms with Crippen LogP contribution < -0.4 is 0 Å². The Morgan fingerprint density at radius 2 is 2.00 bits per heavy atom. The summed E-state index contributed by atoms with van der Waals surface area (Å²) in [5, 5.41) is 0. The summed E-state index contributed by atoms with van der Waals surface area (Å²) in [6, 6.07) is 7.48. The van der Waals surface area contributed by atoms with Gasteiger partial charge in [0.15, 0.2) is 0 Å². The highest BCUT2D eigenvalue weighted by Crippen LogP contribution is 2.11. The van der Waals surface area contributed by atoms with E-state index in [0.29, 0.717) is 5.56 Å². The molecule has 0 aromatic heterocycles. The summed E-state index contributed by atoms with van der Waals surface area (Å²) in [5.74, 6) is -0.276. The molecule has 0 saturated carbocycles. The minimum absolute atomic E-state index is 0.276. The molecule has 1 rings (SSSR count). The van der Waals surface area contributed by atoms with Crippen molar-refractivity contribution in [3.63, 3.8) is 0 Å². The van der Waals surface area contributed by atoms with Crippen molar-refractivity contribution in [2.75, 3.05) is 21.2 Å². The minimum Gasteiger partial charge on any atom is -0.465 e. The van der Waals surface area contributed by atoms with Gasteiger partial charge in [-0.2, -0.15) is 0 Å². The zero-order valence-electron chi connectivity index (χ0n) is 8.78. The zero-order chi connectivity index (χ0) is 10.6. The van der Waals surface area contributed by atoms with Gasteiger partial charge in [0, 0.05) is 6.54 Å². The standard InChI is InChI=1S/C11H15NO2/c1-12(2)8-9-6-4-5-7-10(9)11(13)14-3/h4-7H,8H2,1-3H3. The van der Waals surface area contributed by atoms with Crippen molar-refractivity contribution >= 4 is 5.97 Å². The van der Waals surface area contributed by atoms with Gasteiger partial charge in [-0.05, 0) is 25.7 Å². The van der Waals surface area contributed by atoms with E-state index in [1.807, 2.05) is 37.2 Å². The lowest BCUT2D eigenvalue weighted by molar-refractivity contribution is 0.0598. The Kier molecular flexibility index (Phi) is 3.65. The van der Waals surface area contributed by atoms with Crippen molar-refractivity contribution in [2.45, 2.75) is 6.54 Å². The molecule has 0 saturated heterocycles. The minimum atomic E-state index is -0.276. The number of nitrogens with zero attached hydrogens (tertiary/aromatic N) is 1. The normalized spacial score (nSPS) is 10.3. The summed E-state index contributed by atoms with van der Waals surface area (Å²) < 4.78 is 4.70. The second-order valence-corrected chi connectivity index (χ2v) is 3.39. The molecule has 14 heavy (non-hydrogen) atoms. The van der Waals surface area contributed by atoms with Gasteiger partial charge in [0.2, 0.25) is 0 Å². The van der Waals surface area contributed by atoms with Gasteiger partial charge in [0.05, 0.1) is 12.7 Å². The Balaban J connectivity index is 2.97. The van der Waals surface area contributed by atoms with Crippen molar-refractivity contribution in [1.82, 2.24) is 4.90 Å². The molecule has 0 fully saturated rings. The number of rotatable bonds is 3. The van der Waals surface area contributed by atoms with Crippen LogP contribution in [0.2, 0.25) is 0 Å². The van der Waals surface area contributed by atoms with Crippen LogP contribution >= 0.6 is 0 Å². The first-order valence-electron chi connectivity index (χ1n) is 4.46. The third kappa shape index (κ3) is 2.57. The van der Waals surface area contributed by atoms with Crippen molar-refractivity contribution in [1.29, 1.82) is 0 Å². The number of esters is 1. The van der Waals surface area contributed by atoms with Crippen molar-refractivity contribution in [2.24, 2.45) is 0 Å². The molecule has 3 nitrogen and oxygen atoms in total. The maximum absolute atomic E-state index is 11.4. The van der Waals surface area contributed by atoms with Gasteiger partial charge in [0.1, 0.15) is 0 Å². The van der Waals surface area contributed by atoms with Crippen molar-refractivity contribution in [3.05, 3.63) is 35.4 Å². The predicted molar refractivity (Wildman–Crippen MR) is 55.2 cm³/mol. The van der Waals surface area contributed by atoms with Gasteiger partial charge in [-0.25, -0.2) is 4.79 Å². The number of ether oxygens (including phenoxy) is 1. The molecule has 0 aliphatic rings. The molecule has 76 valence electrons. The Labute approximate surface area is 84.3 Å². The molecule has 1 aromatic rings. The summed E-state index contributed by atoms with van der Waals surface area (Å²) in [4.78, 5) is 13.4. The van der Waals surface area contributed by atoms with E-state index in [-0.39, 0.29) is 5.97 Å². The van der Waals surface area contributed by atoms with Crippen LogP contribution in [0.25, 0.3) is 0 Å². The highest BCUT2D eigenvalue weighted by atomic mass is 16.5. The average Bonchev–Trinajstić information content (AvgIpc) is 2.16. The van der Waals surface area contributed by atoms with E-state index in [2.05, 4.69) is 0 Å². The average molecular weight is 193 g/mol. The molecular weight excluding hydrogens is 178 g/mol. The summed E-state index contributed by atoms with van der Waals surface area (Å²) in [6.07, 6.45) is 0. The Hall–Kier alpha value is -1.35. The zero-order valence-corrected chi connectivity index (χ0v) is 8.78. The number of benzene rings is 1. The number of methoxy groups -OCH3 is 1. The van der Waals surface area contributed by atoms with Gasteiger partial charge in [-0.15, -0.1) is 0 Å². The Bertz CT molecular complexity index is 321. The second-order valence-electron chi connectivity index (χ2n) is 3.39. The van der Waals surface area contributed by atoms with Crippen LogP contribution in [0.5, 0.6) is 0 Å². The lowest BCUT2D eigenvalue weighted by Crippen LogP contribution is -2.14. The Morgan fingerprint density at radius 1 is 1.36 bits per heavy atom. The predicted octanol–water partition coefficient (Wildman–Crippen LogP) is 1.53. The van der Waals surface area contributed by atoms with Crippen LogP contribution in [-0.4, -0.2) is 32.1 Å². The van der Waals surface area contributed by atoms with E-state index >= 15 is 0 Å². The summed E-state index contributed by atoms with van der Waals surface area (Å²) in [7, 11) is 5.33. The summed E-state index contributed by atoms with van der Waals surface area (Å²) in [6.45, 7) is 0.741. The molecule has 0 N–H and O–H groups in total. The molecule has 0 bridgehead atoms. The first-order valence-corrected chi connectivity index (χ1v) is 4.46. The van der Waals surface area contributed by atoms with Crippen LogP contribution in [0.1, 0.15) is 15.9 Å². The molecule has 0 unspecified atom stereocenters. The van der Waals surface area contributed by atoms with Crippen LogP contribution in [0, 0.1) is 0 Å². The van der Waals surface area contributed by atoms with E-state index < -0.39 is 0 Å². The lowest BCUT2D eigenvalue weighted by atomic mass is 10.1. The first-order chi connectivity index (χ1) is 6.65. The van der Waals surface area contributed by atoms with Crippen LogP contribution in [-0.2, 0) is 11.3 Å². The lowest BCUT2D eigenvalue weighted by Gasteiger charge is -2.12. The maximum atomic E-state index is 11.4. The van der Waals surface area contributed by atoms with Gasteiger partial charge < -0.3 is 9.64 Å². The van der Waals surface area contributed by atoms with Crippen LogP contribution in [0.3, 0.4) is 0 Å². The molecule has 0 radical (unpaired) electrons. The van der Waals surface area contributed by atoms with E-state index in [1.165, 1.54) is 7.11 Å². The van der Waals surface area contributed by atoms with Crippen molar-refractivity contribution in [3.8, 4) is 0 Å². The third-order valence-corrected chi connectivity index (χ3v) is 1.91. The number of hydrogen-bond donors (Lipinski definition) is 0. The Morgan fingerprint density at radius 3 is 2.57 bits per heavy atom. The summed E-state index contributed by atoms with van der Waals surface area (Å²) >= 11 is 0. The molecule has 0 spiro atoms. The molecule has 1 aromatic carbocycles. The first kappa shape index (κ1) is 10.7. The topological polar surface area (TPSA) is 29.5 Å². The molecule has 3 heteroatoms. The molecule has 0 aliphatic carbocycles. The highest BCUT2D eigenvalue weighted by Gasteiger charge is 2.10. The quantitative estimate of drug-likeness (QED) is 0.682. The van der Waals surface area contributed by atoms with E-state index in [4.69, 9.17) is 4.74 Å². The number of carbonyl (C=O) groups is 1. The van der Waals surface area contributed by atoms with Gasteiger partial charge in [0.25, 0.3) is 0 Å². The summed E-state index contributed by atoms with van der Waals surface area (Å²) in [5.41, 5.74) is 1.63. The maximum Gasteiger partial charge on any atom is 0.338 e. The van der Waals surface area contributed by atoms with E-state index in [1.54, 1.807) is 6.07 Å². The number of carbonyl (C=O) groups excluding carboxylic acids is 1. The van der Waals surface area contributed by atoms with Gasteiger partial charge in [-0.1, -0.05) is 18.2 Å². The second kappa shape index (κ2) is 4.77. The molecule has 0 heterocycles. The highest BCUT2D eigenvalue weighted by molar-refractivity contribution is 5.90.